The molecule has 0 aliphatic rings. The average Bonchev–Trinajstić information content (AvgIpc) is 2.50. The van der Waals surface area contributed by atoms with Gasteiger partial charge in [-0.2, -0.15) is 5.10 Å². The highest BCUT2D eigenvalue weighted by atomic mass is 16.5. The van der Waals surface area contributed by atoms with Crippen LogP contribution in [0.4, 0.5) is 0 Å². The summed E-state index contributed by atoms with van der Waals surface area (Å²) in [6.45, 7) is 7.81. The lowest BCUT2D eigenvalue weighted by Gasteiger charge is -2.04. The molecule has 0 saturated heterocycles. The van der Waals surface area contributed by atoms with Crippen LogP contribution in [0.15, 0.2) is 12.3 Å². The van der Waals surface area contributed by atoms with Gasteiger partial charge in [0.2, 0.25) is 0 Å². The summed E-state index contributed by atoms with van der Waals surface area (Å²) in [6.07, 6.45) is 3.39. The average molecular weight is 182 g/mol. The molecule has 0 aromatic carbocycles. The first-order valence-electron chi connectivity index (χ1n) is 4.86. The highest BCUT2D eigenvalue weighted by Crippen LogP contribution is 2.01. The predicted octanol–water partition coefficient (Wildman–Crippen LogP) is 2.22. The summed E-state index contributed by atoms with van der Waals surface area (Å²) in [4.78, 5) is 0. The molecule has 0 amide bonds. The summed E-state index contributed by atoms with van der Waals surface area (Å²) >= 11 is 0. The topological polar surface area (TPSA) is 27.1 Å². The van der Waals surface area contributed by atoms with E-state index in [1.807, 2.05) is 30.8 Å². The second-order valence-electron chi connectivity index (χ2n) is 3.43. The van der Waals surface area contributed by atoms with Crippen molar-refractivity contribution in [2.24, 2.45) is 0 Å². The Bertz CT molecular complexity index is 243. The van der Waals surface area contributed by atoms with Crippen molar-refractivity contribution < 1.29 is 4.74 Å². The number of ether oxygens (including phenoxy) is 1. The maximum Gasteiger partial charge on any atom is 0.0909 e. The summed E-state index contributed by atoms with van der Waals surface area (Å²) in [6, 6.07) is 2.01. The zero-order valence-corrected chi connectivity index (χ0v) is 8.66. The molecule has 13 heavy (non-hydrogen) atoms. The van der Waals surface area contributed by atoms with Gasteiger partial charge in [-0.3, -0.25) is 4.68 Å². The smallest absolute Gasteiger partial charge is 0.0909 e. The summed E-state index contributed by atoms with van der Waals surface area (Å²) in [7, 11) is 0. The van der Waals surface area contributed by atoms with E-state index in [2.05, 4.69) is 12.0 Å². The number of hydrogen-bond acceptors (Lipinski definition) is 2. The zero-order chi connectivity index (χ0) is 9.68. The molecule has 0 fully saturated rings. The molecule has 1 aromatic rings. The molecular formula is C10H18N2O. The number of aromatic nitrogens is 2. The Labute approximate surface area is 79.7 Å². The quantitative estimate of drug-likeness (QED) is 0.698. The van der Waals surface area contributed by atoms with E-state index in [1.54, 1.807) is 0 Å². The number of aryl methyl sites for hydroxylation is 1. The molecule has 1 aromatic heterocycles. The SMILES string of the molecule is CCCn1ccc(COC(C)C)n1. The molecule has 3 heteroatoms. The number of rotatable bonds is 5. The lowest BCUT2D eigenvalue weighted by molar-refractivity contribution is 0.0632. The van der Waals surface area contributed by atoms with E-state index in [9.17, 15) is 0 Å². The Hall–Kier alpha value is -0.830. The third-order valence-corrected chi connectivity index (χ3v) is 1.71. The second kappa shape index (κ2) is 5.02. The van der Waals surface area contributed by atoms with Crippen molar-refractivity contribution >= 4 is 0 Å². The van der Waals surface area contributed by atoms with E-state index in [0.717, 1.165) is 18.7 Å². The summed E-state index contributed by atoms with van der Waals surface area (Å²) in [5.74, 6) is 0. The Morgan fingerprint density at radius 1 is 1.54 bits per heavy atom. The van der Waals surface area contributed by atoms with Crippen molar-refractivity contribution in [1.82, 2.24) is 9.78 Å². The summed E-state index contributed by atoms with van der Waals surface area (Å²) in [5, 5.41) is 4.36. The zero-order valence-electron chi connectivity index (χ0n) is 8.66. The van der Waals surface area contributed by atoms with Crippen LogP contribution in [0, 0.1) is 0 Å². The van der Waals surface area contributed by atoms with E-state index in [-0.39, 0.29) is 6.10 Å². The minimum atomic E-state index is 0.274. The van der Waals surface area contributed by atoms with Gasteiger partial charge < -0.3 is 4.74 Å². The Morgan fingerprint density at radius 3 is 2.92 bits per heavy atom. The van der Waals surface area contributed by atoms with Gasteiger partial charge in [-0.15, -0.1) is 0 Å². The molecular weight excluding hydrogens is 164 g/mol. The van der Waals surface area contributed by atoms with Gasteiger partial charge in [0.25, 0.3) is 0 Å². The fourth-order valence-electron chi connectivity index (χ4n) is 1.09. The Morgan fingerprint density at radius 2 is 2.31 bits per heavy atom. The van der Waals surface area contributed by atoms with Crippen LogP contribution in [-0.2, 0) is 17.9 Å². The molecule has 0 saturated carbocycles. The van der Waals surface area contributed by atoms with Gasteiger partial charge in [0, 0.05) is 12.7 Å². The molecule has 1 heterocycles. The summed E-state index contributed by atoms with van der Waals surface area (Å²) < 4.78 is 7.40. The Kier molecular flexibility index (Phi) is 3.96. The van der Waals surface area contributed by atoms with Crippen LogP contribution in [-0.4, -0.2) is 15.9 Å². The first-order chi connectivity index (χ1) is 6.22. The normalized spacial score (nSPS) is 11.1. The molecule has 0 atom stereocenters. The third kappa shape index (κ3) is 3.59. The largest absolute Gasteiger partial charge is 0.372 e. The molecule has 0 bridgehead atoms. The van der Waals surface area contributed by atoms with Gasteiger partial charge in [0.1, 0.15) is 0 Å². The van der Waals surface area contributed by atoms with Crippen molar-refractivity contribution in [3.05, 3.63) is 18.0 Å². The molecule has 0 radical (unpaired) electrons. The molecule has 0 N–H and O–H groups in total. The first kappa shape index (κ1) is 10.3. The van der Waals surface area contributed by atoms with E-state index >= 15 is 0 Å². The van der Waals surface area contributed by atoms with Gasteiger partial charge in [0.15, 0.2) is 0 Å². The first-order valence-corrected chi connectivity index (χ1v) is 4.86. The van der Waals surface area contributed by atoms with Gasteiger partial charge >= 0.3 is 0 Å². The highest BCUT2D eigenvalue weighted by molar-refractivity contribution is 4.96. The molecule has 1 rings (SSSR count). The molecule has 0 aliphatic heterocycles. The van der Waals surface area contributed by atoms with Crippen LogP contribution < -0.4 is 0 Å². The van der Waals surface area contributed by atoms with E-state index in [1.165, 1.54) is 0 Å². The van der Waals surface area contributed by atoms with Crippen molar-refractivity contribution in [2.45, 2.75) is 46.4 Å². The number of hydrogen-bond donors (Lipinski definition) is 0. The van der Waals surface area contributed by atoms with Gasteiger partial charge in [0.05, 0.1) is 18.4 Å². The standard InChI is InChI=1S/C10H18N2O/c1-4-6-12-7-5-10(11-12)8-13-9(2)3/h5,7,9H,4,6,8H2,1-3H3. The Balaban J connectivity index is 2.39. The molecule has 0 aliphatic carbocycles. The maximum absolute atomic E-state index is 5.44. The van der Waals surface area contributed by atoms with Crippen LogP contribution in [0.1, 0.15) is 32.9 Å². The molecule has 74 valence electrons. The van der Waals surface area contributed by atoms with Gasteiger partial charge in [-0.25, -0.2) is 0 Å². The van der Waals surface area contributed by atoms with E-state index in [0.29, 0.717) is 6.61 Å². The monoisotopic (exact) mass is 182 g/mol. The van der Waals surface area contributed by atoms with Gasteiger partial charge in [-0.05, 0) is 26.3 Å². The van der Waals surface area contributed by atoms with Crippen molar-refractivity contribution in [3.63, 3.8) is 0 Å². The second-order valence-corrected chi connectivity index (χ2v) is 3.43. The van der Waals surface area contributed by atoms with E-state index in [4.69, 9.17) is 4.74 Å². The molecule has 0 spiro atoms. The van der Waals surface area contributed by atoms with Crippen LogP contribution in [0.5, 0.6) is 0 Å². The fraction of sp³-hybridized carbons (Fsp3) is 0.700. The number of nitrogens with zero attached hydrogens (tertiary/aromatic N) is 2. The molecule has 0 unspecified atom stereocenters. The van der Waals surface area contributed by atoms with Gasteiger partial charge in [-0.1, -0.05) is 6.92 Å². The van der Waals surface area contributed by atoms with Crippen LogP contribution in [0.25, 0.3) is 0 Å². The minimum Gasteiger partial charge on any atom is -0.372 e. The van der Waals surface area contributed by atoms with Crippen molar-refractivity contribution in [2.75, 3.05) is 0 Å². The maximum atomic E-state index is 5.44. The lowest BCUT2D eigenvalue weighted by Crippen LogP contribution is -2.04. The van der Waals surface area contributed by atoms with Crippen molar-refractivity contribution in [1.29, 1.82) is 0 Å². The van der Waals surface area contributed by atoms with E-state index < -0.39 is 0 Å². The lowest BCUT2D eigenvalue weighted by atomic mass is 10.4. The van der Waals surface area contributed by atoms with Crippen LogP contribution in [0.2, 0.25) is 0 Å². The minimum absolute atomic E-state index is 0.274. The fourth-order valence-corrected chi connectivity index (χ4v) is 1.09. The van der Waals surface area contributed by atoms with Crippen molar-refractivity contribution in [3.8, 4) is 0 Å². The van der Waals surface area contributed by atoms with Crippen LogP contribution >= 0.6 is 0 Å². The highest BCUT2D eigenvalue weighted by Gasteiger charge is 1.99. The third-order valence-electron chi connectivity index (χ3n) is 1.71. The van der Waals surface area contributed by atoms with Crippen LogP contribution in [0.3, 0.4) is 0 Å². The molecule has 3 nitrogen and oxygen atoms in total. The summed E-state index contributed by atoms with van der Waals surface area (Å²) in [5.41, 5.74) is 1.02. The predicted molar refractivity (Wildman–Crippen MR) is 52.4 cm³/mol.